The Labute approximate surface area is 99.5 Å². The van der Waals surface area contributed by atoms with Gasteiger partial charge in [-0.15, -0.1) is 0 Å². The summed E-state index contributed by atoms with van der Waals surface area (Å²) in [6.07, 6.45) is 0. The van der Waals surface area contributed by atoms with Crippen LogP contribution in [0.4, 0.5) is 0 Å². The normalized spacial score (nSPS) is 7.11. The first-order chi connectivity index (χ1) is 3.77. The average Bonchev–Trinajstić information content (AvgIpc) is 1.66. The van der Waals surface area contributed by atoms with Gasteiger partial charge in [-0.1, -0.05) is 0 Å². The molecule has 0 fully saturated rings. The van der Waals surface area contributed by atoms with Crippen molar-refractivity contribution in [3.63, 3.8) is 0 Å². The van der Waals surface area contributed by atoms with E-state index in [4.69, 9.17) is 0 Å². The van der Waals surface area contributed by atoms with Gasteiger partial charge in [-0.3, -0.25) is 9.59 Å². The van der Waals surface area contributed by atoms with E-state index in [0.717, 1.165) is 12.0 Å². The predicted molar refractivity (Wildman–Crippen MR) is 36.0 cm³/mol. The van der Waals surface area contributed by atoms with E-state index in [2.05, 4.69) is 9.92 Å². The van der Waals surface area contributed by atoms with Gasteiger partial charge in [0.1, 0.15) is 5.75 Å². The molecule has 0 saturated heterocycles. The number of primary amides is 1. The Morgan fingerprint density at radius 3 is 2.67 bits per heavy atom. The molecule has 0 spiro atoms. The number of hydrogen-bond donors (Lipinski definition) is 1. The summed E-state index contributed by atoms with van der Waals surface area (Å²) in [6.45, 7) is 0.244. The third-order valence-corrected chi connectivity index (χ3v) is 0.926. The van der Waals surface area contributed by atoms with Crippen LogP contribution in [0.25, 0.3) is 0 Å². The number of carbonyl (C=O) groups is 2. The van der Waals surface area contributed by atoms with Crippen LogP contribution in [0.5, 0.6) is 0 Å². The molecule has 0 aromatic carbocycles. The predicted octanol–water partition coefficient (Wildman–Crippen LogP) is -1.36. The summed E-state index contributed by atoms with van der Waals surface area (Å²) in [7, 11) is 0. The van der Waals surface area contributed by atoms with Crippen LogP contribution in [-0.4, -0.2) is 69.5 Å². The van der Waals surface area contributed by atoms with Gasteiger partial charge >= 0.3 is 57.9 Å². The molecule has 0 bridgehead atoms. The molecule has 0 aromatic heterocycles. The molecule has 4 nitrogen and oxygen atoms in total. The fraction of sp³-hybridized carbons (Fsp3) is 0.333. The number of hydrogen-bond acceptors (Lipinski definition) is 4. The summed E-state index contributed by atoms with van der Waals surface area (Å²) in [5.41, 5.74) is 4.68. The van der Waals surface area contributed by atoms with E-state index < -0.39 is 5.91 Å². The van der Waals surface area contributed by atoms with Crippen LogP contribution in [0, 0.1) is 0 Å². The fourth-order valence-electron chi connectivity index (χ4n) is 0.120. The second kappa shape index (κ2) is 8.93. The van der Waals surface area contributed by atoms with Crippen molar-refractivity contribution < 1.29 is 13.8 Å². The van der Waals surface area contributed by atoms with Crippen LogP contribution in [-0.2, 0) is 13.8 Å². The molecule has 2 N–H and O–H groups in total. The van der Waals surface area contributed by atoms with Crippen LogP contribution < -0.4 is 5.73 Å². The molecule has 0 saturated carbocycles. The Hall–Kier alpha value is 0.926. The average molecular weight is 175 g/mol. The Morgan fingerprint density at radius 2 is 2.33 bits per heavy atom. The second-order valence-electron chi connectivity index (χ2n) is 0.921. The van der Waals surface area contributed by atoms with Gasteiger partial charge in [-0.05, 0) is 0 Å². The molecule has 48 valence electrons. The molecule has 0 unspecified atom stereocenters. The van der Waals surface area contributed by atoms with Gasteiger partial charge in [-0.25, -0.2) is 0 Å². The molecule has 0 rings (SSSR count). The van der Waals surface area contributed by atoms with Gasteiger partial charge < -0.3 is 9.92 Å². The van der Waals surface area contributed by atoms with Gasteiger partial charge in [0.05, 0.1) is 12.0 Å². The SMILES string of the molecule is NC(=O)CSOC=O.[KH]. The van der Waals surface area contributed by atoms with E-state index in [9.17, 15) is 9.59 Å². The Kier molecular flexibility index (Phi) is 12.5. The quantitative estimate of drug-likeness (QED) is 0.248. The number of amides is 1. The second-order valence-corrected chi connectivity index (χ2v) is 1.64. The number of rotatable bonds is 4. The van der Waals surface area contributed by atoms with E-state index in [1.807, 2.05) is 0 Å². The van der Waals surface area contributed by atoms with E-state index >= 15 is 0 Å². The first-order valence-electron chi connectivity index (χ1n) is 1.77. The summed E-state index contributed by atoms with van der Waals surface area (Å²) in [6, 6.07) is 0. The van der Waals surface area contributed by atoms with Crippen molar-refractivity contribution in [2.45, 2.75) is 0 Å². The van der Waals surface area contributed by atoms with Crippen LogP contribution in [0.3, 0.4) is 0 Å². The number of carbonyl (C=O) groups excluding carboxylic acids is 2. The molecule has 0 aliphatic carbocycles. The van der Waals surface area contributed by atoms with Crippen molar-refractivity contribution in [2.24, 2.45) is 5.73 Å². The Balaban J connectivity index is 0. The van der Waals surface area contributed by atoms with Crippen molar-refractivity contribution >= 4 is 75.8 Å². The van der Waals surface area contributed by atoms with Crippen molar-refractivity contribution in [1.29, 1.82) is 0 Å². The monoisotopic (exact) mass is 175 g/mol. The van der Waals surface area contributed by atoms with Crippen LogP contribution in [0.2, 0.25) is 0 Å². The van der Waals surface area contributed by atoms with Crippen molar-refractivity contribution in [3.8, 4) is 0 Å². The molecule has 9 heavy (non-hydrogen) atoms. The van der Waals surface area contributed by atoms with Gasteiger partial charge in [0.15, 0.2) is 0 Å². The van der Waals surface area contributed by atoms with Crippen molar-refractivity contribution in [1.82, 2.24) is 0 Å². The molecule has 0 aliphatic rings. The van der Waals surface area contributed by atoms with E-state index in [0.29, 0.717) is 0 Å². The maximum absolute atomic E-state index is 9.88. The third kappa shape index (κ3) is 12.2. The molecule has 0 atom stereocenters. The van der Waals surface area contributed by atoms with E-state index in [1.54, 1.807) is 0 Å². The first-order valence-corrected chi connectivity index (χ1v) is 2.68. The minimum atomic E-state index is -0.503. The van der Waals surface area contributed by atoms with Crippen LogP contribution in [0.1, 0.15) is 0 Å². The van der Waals surface area contributed by atoms with Crippen LogP contribution >= 0.6 is 12.0 Å². The van der Waals surface area contributed by atoms with Gasteiger partial charge in [0, 0.05) is 0 Å². The molecule has 0 aliphatic heterocycles. The summed E-state index contributed by atoms with van der Waals surface area (Å²) >= 11 is 0.719. The molecule has 0 radical (unpaired) electrons. The fourth-order valence-corrected chi connectivity index (χ4v) is 0.360. The zero-order valence-electron chi connectivity index (χ0n) is 3.99. The molecule has 1 amide bonds. The Morgan fingerprint density at radius 1 is 1.78 bits per heavy atom. The standard InChI is InChI=1S/C3H5NO3S.K.H/c4-3(6)1-8-7-2-5;;/h2H,1H2,(H2,4,6);;. The zero-order chi connectivity index (χ0) is 6.41. The first kappa shape index (κ1) is 12.6. The zero-order valence-corrected chi connectivity index (χ0v) is 4.81. The van der Waals surface area contributed by atoms with Crippen molar-refractivity contribution in [3.05, 3.63) is 0 Å². The summed E-state index contributed by atoms with van der Waals surface area (Å²) < 4.78 is 4.08. The summed E-state index contributed by atoms with van der Waals surface area (Å²) in [4.78, 5) is 19.3. The van der Waals surface area contributed by atoms with Gasteiger partial charge in [0.25, 0.3) is 0 Å². The van der Waals surface area contributed by atoms with E-state index in [-0.39, 0.29) is 63.6 Å². The van der Waals surface area contributed by atoms with Gasteiger partial charge in [-0.2, -0.15) is 0 Å². The topological polar surface area (TPSA) is 69.4 Å². The summed E-state index contributed by atoms with van der Waals surface area (Å²) in [5, 5.41) is 0. The van der Waals surface area contributed by atoms with E-state index in [1.165, 1.54) is 0 Å². The van der Waals surface area contributed by atoms with Crippen molar-refractivity contribution in [2.75, 3.05) is 5.75 Å². The molecule has 6 heteroatoms. The maximum atomic E-state index is 9.88. The minimum absolute atomic E-state index is 0. The molecular weight excluding hydrogens is 169 g/mol. The third-order valence-electron chi connectivity index (χ3n) is 0.309. The Bertz CT molecular complexity index is 99.1. The molecule has 0 aromatic rings. The van der Waals surface area contributed by atoms with Gasteiger partial charge in [0.2, 0.25) is 5.91 Å². The summed E-state index contributed by atoms with van der Waals surface area (Å²) in [5.74, 6) is -0.490. The number of nitrogens with two attached hydrogens (primary N) is 1. The molecular formula is C3H6KNO3S. The van der Waals surface area contributed by atoms with Crippen LogP contribution in [0.15, 0.2) is 0 Å². The molecule has 0 heterocycles.